The van der Waals surface area contributed by atoms with Crippen LogP contribution in [-0.4, -0.2) is 0 Å². The molecule has 2 rings (SSSR count). The van der Waals surface area contributed by atoms with Gasteiger partial charge in [-0.2, -0.15) is 0 Å². The van der Waals surface area contributed by atoms with Gasteiger partial charge in [-0.1, -0.05) is 32.6 Å². The fourth-order valence-electron chi connectivity index (χ4n) is 1.67. The summed E-state index contributed by atoms with van der Waals surface area (Å²) in [5.74, 6) is 1.32. The van der Waals surface area contributed by atoms with E-state index in [-0.39, 0.29) is 0 Å². The van der Waals surface area contributed by atoms with Gasteiger partial charge in [0.25, 0.3) is 0 Å². The molecule has 1 nitrogen and oxygen atoms in total. The Morgan fingerprint density at radius 2 is 1.87 bits per heavy atom. The lowest BCUT2D eigenvalue weighted by Gasteiger charge is -2.10. The minimum absolute atomic E-state index is 0.602. The molecular formula is C14H19N. The predicted octanol–water partition coefficient (Wildman–Crippen LogP) is 4.15. The van der Waals surface area contributed by atoms with E-state index in [0.717, 1.165) is 11.6 Å². The highest BCUT2D eigenvalue weighted by Gasteiger charge is 2.24. The van der Waals surface area contributed by atoms with Crippen molar-refractivity contribution in [3.63, 3.8) is 0 Å². The molecule has 80 valence electrons. The minimum atomic E-state index is 0.602. The van der Waals surface area contributed by atoms with Crippen LogP contribution in [0.2, 0.25) is 0 Å². The summed E-state index contributed by atoms with van der Waals surface area (Å²) in [5.41, 5.74) is 3.72. The second kappa shape index (κ2) is 4.09. The molecule has 0 bridgehead atoms. The van der Waals surface area contributed by atoms with E-state index in [0.29, 0.717) is 5.92 Å². The molecule has 0 aliphatic heterocycles. The maximum Gasteiger partial charge on any atom is 0.0381 e. The van der Waals surface area contributed by atoms with E-state index < -0.39 is 0 Å². The topological polar surface area (TPSA) is 12.0 Å². The van der Waals surface area contributed by atoms with Gasteiger partial charge in [-0.15, -0.1) is 0 Å². The molecule has 15 heavy (non-hydrogen) atoms. The van der Waals surface area contributed by atoms with Gasteiger partial charge in [0.05, 0.1) is 0 Å². The first-order valence-corrected chi connectivity index (χ1v) is 5.72. The van der Waals surface area contributed by atoms with E-state index in [2.05, 4.69) is 50.0 Å². The molecule has 0 unspecified atom stereocenters. The summed E-state index contributed by atoms with van der Waals surface area (Å²) >= 11 is 0. The Morgan fingerprint density at radius 1 is 1.27 bits per heavy atom. The number of anilines is 1. The highest BCUT2D eigenvalue weighted by molar-refractivity contribution is 5.50. The van der Waals surface area contributed by atoms with Gasteiger partial charge in [0.1, 0.15) is 0 Å². The van der Waals surface area contributed by atoms with Gasteiger partial charge in [-0.05, 0) is 42.4 Å². The van der Waals surface area contributed by atoms with Gasteiger partial charge in [0, 0.05) is 11.4 Å². The Labute approximate surface area is 92.2 Å². The van der Waals surface area contributed by atoms with E-state index in [9.17, 15) is 0 Å². The standard InChI is InChI=1S/C14H19N/c1-10(2)12-6-8-14(9-7-12)15-11(3)13-4-5-13/h6-10,13,15H,3-5H2,1-2H3. The van der Waals surface area contributed by atoms with Crippen LogP contribution in [0.1, 0.15) is 38.2 Å². The van der Waals surface area contributed by atoms with E-state index >= 15 is 0 Å². The van der Waals surface area contributed by atoms with E-state index in [4.69, 9.17) is 0 Å². The smallest absolute Gasteiger partial charge is 0.0381 e. The first-order valence-electron chi connectivity index (χ1n) is 5.72. The van der Waals surface area contributed by atoms with Crippen LogP contribution in [0.25, 0.3) is 0 Å². The number of hydrogen-bond donors (Lipinski definition) is 1. The maximum atomic E-state index is 4.06. The average Bonchev–Trinajstić information content (AvgIpc) is 3.01. The number of allylic oxidation sites excluding steroid dienone is 1. The van der Waals surface area contributed by atoms with E-state index in [1.807, 2.05) is 0 Å². The van der Waals surface area contributed by atoms with Gasteiger partial charge in [0.2, 0.25) is 0 Å². The van der Waals surface area contributed by atoms with Crippen LogP contribution in [0.15, 0.2) is 36.5 Å². The molecule has 0 saturated heterocycles. The Kier molecular flexibility index (Phi) is 2.81. The lowest BCUT2D eigenvalue weighted by molar-refractivity contribution is 0.867. The SMILES string of the molecule is C=C(Nc1ccc(C(C)C)cc1)C1CC1. The number of benzene rings is 1. The van der Waals surface area contributed by atoms with Crippen LogP contribution in [0.4, 0.5) is 5.69 Å². The third kappa shape index (κ3) is 2.62. The Bertz CT molecular complexity index is 344. The van der Waals surface area contributed by atoms with Crippen LogP contribution >= 0.6 is 0 Å². The molecule has 0 atom stereocenters. The predicted molar refractivity (Wildman–Crippen MR) is 66.0 cm³/mol. The molecule has 0 spiro atoms. The second-order valence-electron chi connectivity index (χ2n) is 4.70. The van der Waals surface area contributed by atoms with Crippen LogP contribution in [0, 0.1) is 5.92 Å². The highest BCUT2D eigenvalue weighted by atomic mass is 14.9. The summed E-state index contributed by atoms with van der Waals surface area (Å²) in [5, 5.41) is 3.38. The zero-order chi connectivity index (χ0) is 10.8. The molecule has 1 heteroatoms. The minimum Gasteiger partial charge on any atom is -0.359 e. The molecule has 1 fully saturated rings. The normalized spacial score (nSPS) is 15.4. The second-order valence-corrected chi connectivity index (χ2v) is 4.70. The van der Waals surface area contributed by atoms with Crippen molar-refractivity contribution in [3.8, 4) is 0 Å². The van der Waals surface area contributed by atoms with Crippen molar-refractivity contribution in [3.05, 3.63) is 42.1 Å². The van der Waals surface area contributed by atoms with Gasteiger partial charge in [0.15, 0.2) is 0 Å². The first kappa shape index (κ1) is 10.3. The highest BCUT2D eigenvalue weighted by Crippen LogP contribution is 2.35. The van der Waals surface area contributed by atoms with Crippen LogP contribution in [0.5, 0.6) is 0 Å². The Hall–Kier alpha value is -1.24. The zero-order valence-corrected chi connectivity index (χ0v) is 9.59. The van der Waals surface area contributed by atoms with Gasteiger partial charge in [-0.3, -0.25) is 0 Å². The van der Waals surface area contributed by atoms with Gasteiger partial charge < -0.3 is 5.32 Å². The number of hydrogen-bond acceptors (Lipinski definition) is 1. The molecule has 0 heterocycles. The summed E-state index contributed by atoms with van der Waals surface area (Å²) in [6, 6.07) is 8.66. The summed E-state index contributed by atoms with van der Waals surface area (Å²) in [6.45, 7) is 8.49. The van der Waals surface area contributed by atoms with Crippen molar-refractivity contribution in [1.29, 1.82) is 0 Å². The van der Waals surface area contributed by atoms with Crippen molar-refractivity contribution < 1.29 is 0 Å². The van der Waals surface area contributed by atoms with Crippen molar-refractivity contribution in [2.45, 2.75) is 32.6 Å². The quantitative estimate of drug-likeness (QED) is 0.771. The maximum absolute atomic E-state index is 4.06. The van der Waals surface area contributed by atoms with Gasteiger partial charge in [-0.25, -0.2) is 0 Å². The van der Waals surface area contributed by atoms with Crippen molar-refractivity contribution in [1.82, 2.24) is 0 Å². The molecule has 0 radical (unpaired) electrons. The van der Waals surface area contributed by atoms with Crippen molar-refractivity contribution in [2.75, 3.05) is 5.32 Å². The van der Waals surface area contributed by atoms with Crippen LogP contribution in [-0.2, 0) is 0 Å². The average molecular weight is 201 g/mol. The van der Waals surface area contributed by atoms with Crippen molar-refractivity contribution in [2.24, 2.45) is 5.92 Å². The summed E-state index contributed by atoms with van der Waals surface area (Å²) < 4.78 is 0. The lowest BCUT2D eigenvalue weighted by Crippen LogP contribution is -1.99. The third-order valence-corrected chi connectivity index (χ3v) is 2.95. The lowest BCUT2D eigenvalue weighted by atomic mass is 10.0. The Balaban J connectivity index is 2.00. The first-order chi connectivity index (χ1) is 7.16. The molecule has 1 aliphatic carbocycles. The van der Waals surface area contributed by atoms with E-state index in [1.54, 1.807) is 0 Å². The Morgan fingerprint density at radius 3 is 2.33 bits per heavy atom. The summed E-state index contributed by atoms with van der Waals surface area (Å²) in [4.78, 5) is 0. The molecule has 1 aromatic rings. The number of nitrogens with one attached hydrogen (secondary N) is 1. The molecule has 1 aliphatic rings. The van der Waals surface area contributed by atoms with Crippen LogP contribution < -0.4 is 5.32 Å². The largest absolute Gasteiger partial charge is 0.359 e. The van der Waals surface area contributed by atoms with Gasteiger partial charge >= 0.3 is 0 Å². The molecule has 1 saturated carbocycles. The fraction of sp³-hybridized carbons (Fsp3) is 0.429. The van der Waals surface area contributed by atoms with E-state index in [1.165, 1.54) is 24.1 Å². The molecular weight excluding hydrogens is 182 g/mol. The summed E-state index contributed by atoms with van der Waals surface area (Å²) in [7, 11) is 0. The monoisotopic (exact) mass is 201 g/mol. The summed E-state index contributed by atoms with van der Waals surface area (Å²) in [6.07, 6.45) is 2.60. The zero-order valence-electron chi connectivity index (χ0n) is 9.59. The number of rotatable bonds is 4. The fourth-order valence-corrected chi connectivity index (χ4v) is 1.67. The molecule has 1 N–H and O–H groups in total. The molecule has 1 aromatic carbocycles. The van der Waals surface area contributed by atoms with Crippen molar-refractivity contribution >= 4 is 5.69 Å². The van der Waals surface area contributed by atoms with Crippen LogP contribution in [0.3, 0.4) is 0 Å². The molecule has 0 aromatic heterocycles. The molecule has 0 amide bonds. The third-order valence-electron chi connectivity index (χ3n) is 2.95.